The normalized spacial score (nSPS) is 10.6. The van der Waals surface area contributed by atoms with E-state index in [1.54, 1.807) is 23.1 Å². The number of hydroxylamine groups is 2. The van der Waals surface area contributed by atoms with Crippen molar-refractivity contribution in [3.63, 3.8) is 0 Å². The van der Waals surface area contributed by atoms with E-state index < -0.39 is 6.03 Å². The smallest absolute Gasteiger partial charge is 0.336 e. The molecule has 2 amide bonds. The molecule has 0 unspecified atom stereocenters. The van der Waals surface area contributed by atoms with Crippen molar-refractivity contribution in [2.75, 3.05) is 19.3 Å². The lowest BCUT2D eigenvalue weighted by molar-refractivity contribution is -0.0181. The summed E-state index contributed by atoms with van der Waals surface area (Å²) in [5.74, 6) is 0.884. The van der Waals surface area contributed by atoms with Gasteiger partial charge in [0.25, 0.3) is 0 Å². The average molecular weight is 297 g/mol. The number of nitrogens with zero attached hydrogens (tertiary/aromatic N) is 2. The first-order valence-corrected chi connectivity index (χ1v) is 7.66. The zero-order valence-electron chi connectivity index (χ0n) is 10.5. The van der Waals surface area contributed by atoms with E-state index in [0.717, 1.165) is 22.0 Å². The van der Waals surface area contributed by atoms with Crippen LogP contribution in [0.4, 0.5) is 4.79 Å². The maximum Gasteiger partial charge on any atom is 0.340 e. The lowest BCUT2D eigenvalue weighted by Crippen LogP contribution is -2.35. The summed E-state index contributed by atoms with van der Waals surface area (Å²) in [6.45, 7) is 0.543. The Kier molecular flexibility index (Phi) is 5.00. The molecule has 0 saturated heterocycles. The van der Waals surface area contributed by atoms with E-state index in [1.165, 1.54) is 11.7 Å². The van der Waals surface area contributed by atoms with Crippen LogP contribution >= 0.6 is 23.1 Å². The van der Waals surface area contributed by atoms with Crippen molar-refractivity contribution >= 4 is 39.3 Å². The third-order valence-electron chi connectivity index (χ3n) is 2.39. The average Bonchev–Trinajstić information content (AvgIpc) is 2.80. The van der Waals surface area contributed by atoms with Crippen LogP contribution < -0.4 is 5.32 Å². The predicted molar refractivity (Wildman–Crippen MR) is 77.9 cm³/mol. The Balaban J connectivity index is 1.72. The van der Waals surface area contributed by atoms with Gasteiger partial charge in [0.15, 0.2) is 4.34 Å². The Labute approximate surface area is 119 Å². The maximum absolute atomic E-state index is 11.0. The molecule has 2 aromatic rings. The molecular formula is C12H15N3O2S2. The topological polar surface area (TPSA) is 65.5 Å². The third kappa shape index (κ3) is 4.09. The van der Waals surface area contributed by atoms with Crippen LogP contribution in [0.15, 0.2) is 28.6 Å². The summed E-state index contributed by atoms with van der Waals surface area (Å²) in [5.41, 5.74) is 1.03. The first kappa shape index (κ1) is 14.1. The molecule has 1 aromatic heterocycles. The molecule has 0 atom stereocenters. The van der Waals surface area contributed by atoms with Crippen LogP contribution in [0, 0.1) is 0 Å². The van der Waals surface area contributed by atoms with Crippen molar-refractivity contribution in [1.29, 1.82) is 0 Å². The SMILES string of the molecule is CN(O)C(=O)NCCCSc1nc2ccccc2s1. The van der Waals surface area contributed by atoms with Crippen molar-refractivity contribution in [1.82, 2.24) is 15.4 Å². The van der Waals surface area contributed by atoms with E-state index in [4.69, 9.17) is 5.21 Å². The molecule has 1 heterocycles. The van der Waals surface area contributed by atoms with Gasteiger partial charge in [0.1, 0.15) is 0 Å². The number of para-hydroxylation sites is 1. The van der Waals surface area contributed by atoms with Gasteiger partial charge < -0.3 is 5.32 Å². The summed E-state index contributed by atoms with van der Waals surface area (Å²) in [4.78, 5) is 15.6. The highest BCUT2D eigenvalue weighted by molar-refractivity contribution is 8.01. The number of amides is 2. The second-order valence-corrected chi connectivity index (χ2v) is 6.28. The van der Waals surface area contributed by atoms with Gasteiger partial charge in [0.05, 0.1) is 10.2 Å². The highest BCUT2D eigenvalue weighted by Crippen LogP contribution is 2.29. The molecule has 19 heavy (non-hydrogen) atoms. The van der Waals surface area contributed by atoms with Crippen LogP contribution in [-0.2, 0) is 0 Å². The van der Waals surface area contributed by atoms with Crippen LogP contribution in [-0.4, -0.2) is 40.6 Å². The fourth-order valence-corrected chi connectivity index (χ4v) is 3.53. The molecule has 0 aliphatic rings. The zero-order chi connectivity index (χ0) is 13.7. The van der Waals surface area contributed by atoms with E-state index in [9.17, 15) is 4.79 Å². The van der Waals surface area contributed by atoms with Gasteiger partial charge in [-0.3, -0.25) is 5.21 Å². The lowest BCUT2D eigenvalue weighted by atomic mass is 10.3. The summed E-state index contributed by atoms with van der Waals surface area (Å²) >= 11 is 3.37. The second-order valence-electron chi connectivity index (χ2n) is 3.91. The van der Waals surface area contributed by atoms with Crippen LogP contribution in [0.25, 0.3) is 10.2 Å². The summed E-state index contributed by atoms with van der Waals surface area (Å²) in [5, 5.41) is 12.0. The van der Waals surface area contributed by atoms with Crippen LogP contribution in [0.5, 0.6) is 0 Å². The minimum absolute atomic E-state index is 0.481. The largest absolute Gasteiger partial charge is 0.340 e. The molecule has 102 valence electrons. The van der Waals surface area contributed by atoms with Gasteiger partial charge in [-0.25, -0.2) is 14.8 Å². The number of benzene rings is 1. The molecule has 0 saturated carbocycles. The number of carbonyl (C=O) groups is 1. The van der Waals surface area contributed by atoms with Crippen molar-refractivity contribution in [2.24, 2.45) is 0 Å². The summed E-state index contributed by atoms with van der Waals surface area (Å²) in [6, 6.07) is 7.58. The number of nitrogens with one attached hydrogen (secondary N) is 1. The van der Waals surface area contributed by atoms with Crippen LogP contribution in [0.1, 0.15) is 6.42 Å². The fourth-order valence-electron chi connectivity index (χ4n) is 1.45. The standard InChI is InChI=1S/C12H15N3O2S2/c1-15(17)11(16)13-7-4-8-18-12-14-9-5-2-3-6-10(9)19-12/h2-3,5-6,17H,4,7-8H2,1H3,(H,13,16). The van der Waals surface area contributed by atoms with Gasteiger partial charge in [-0.2, -0.15) is 0 Å². The molecule has 0 aliphatic carbocycles. The second kappa shape index (κ2) is 6.74. The van der Waals surface area contributed by atoms with Crippen LogP contribution in [0.3, 0.4) is 0 Å². The van der Waals surface area contributed by atoms with Gasteiger partial charge in [-0.05, 0) is 18.6 Å². The zero-order valence-corrected chi connectivity index (χ0v) is 12.1. The Morgan fingerprint density at radius 1 is 1.53 bits per heavy atom. The Bertz CT molecular complexity index is 524. The summed E-state index contributed by atoms with van der Waals surface area (Å²) < 4.78 is 2.24. The minimum atomic E-state index is -0.481. The Morgan fingerprint density at radius 3 is 3.05 bits per heavy atom. The quantitative estimate of drug-likeness (QED) is 0.385. The molecule has 0 aliphatic heterocycles. The van der Waals surface area contributed by atoms with Crippen LogP contribution in [0.2, 0.25) is 0 Å². The number of hydrogen-bond acceptors (Lipinski definition) is 5. The Hall–Kier alpha value is -1.31. The number of urea groups is 1. The van der Waals surface area contributed by atoms with E-state index >= 15 is 0 Å². The highest BCUT2D eigenvalue weighted by Gasteiger charge is 2.05. The molecule has 0 spiro atoms. The highest BCUT2D eigenvalue weighted by atomic mass is 32.2. The number of aromatic nitrogens is 1. The van der Waals surface area contributed by atoms with Crippen molar-refractivity contribution in [3.8, 4) is 0 Å². The van der Waals surface area contributed by atoms with Gasteiger partial charge in [-0.15, -0.1) is 11.3 Å². The van der Waals surface area contributed by atoms with E-state index in [1.807, 2.05) is 18.2 Å². The predicted octanol–water partition coefficient (Wildman–Crippen LogP) is 2.81. The molecule has 5 nitrogen and oxygen atoms in total. The Morgan fingerprint density at radius 2 is 2.32 bits per heavy atom. The molecule has 7 heteroatoms. The number of thiazole rings is 1. The van der Waals surface area contributed by atoms with E-state index in [-0.39, 0.29) is 0 Å². The first-order valence-electron chi connectivity index (χ1n) is 5.85. The molecule has 1 aromatic carbocycles. The van der Waals surface area contributed by atoms with Crippen molar-refractivity contribution in [3.05, 3.63) is 24.3 Å². The molecule has 0 bridgehead atoms. The molecular weight excluding hydrogens is 282 g/mol. The molecule has 2 rings (SSSR count). The molecule has 2 N–H and O–H groups in total. The van der Waals surface area contributed by atoms with Gasteiger partial charge in [-0.1, -0.05) is 23.9 Å². The monoisotopic (exact) mass is 297 g/mol. The van der Waals surface area contributed by atoms with Gasteiger partial charge in [0, 0.05) is 19.3 Å². The number of rotatable bonds is 5. The fraction of sp³-hybridized carbons (Fsp3) is 0.333. The molecule has 0 radical (unpaired) electrons. The first-order chi connectivity index (χ1) is 9.16. The summed E-state index contributed by atoms with van der Waals surface area (Å²) in [7, 11) is 1.30. The van der Waals surface area contributed by atoms with Gasteiger partial charge in [0.2, 0.25) is 0 Å². The number of hydrogen-bond donors (Lipinski definition) is 2. The van der Waals surface area contributed by atoms with Crippen molar-refractivity contribution in [2.45, 2.75) is 10.8 Å². The number of carbonyl (C=O) groups excluding carboxylic acids is 1. The summed E-state index contributed by atoms with van der Waals surface area (Å²) in [6.07, 6.45) is 0.834. The number of thioether (sulfide) groups is 1. The van der Waals surface area contributed by atoms with E-state index in [0.29, 0.717) is 11.6 Å². The maximum atomic E-state index is 11.0. The third-order valence-corrected chi connectivity index (χ3v) is 4.66. The number of fused-ring (bicyclic) bond motifs is 1. The molecule has 0 fully saturated rings. The van der Waals surface area contributed by atoms with Gasteiger partial charge >= 0.3 is 6.03 Å². The lowest BCUT2D eigenvalue weighted by Gasteiger charge is -2.09. The van der Waals surface area contributed by atoms with Crippen molar-refractivity contribution < 1.29 is 10.0 Å². The minimum Gasteiger partial charge on any atom is -0.336 e. The van der Waals surface area contributed by atoms with E-state index in [2.05, 4.69) is 16.4 Å².